The third kappa shape index (κ3) is 4.25. The summed E-state index contributed by atoms with van der Waals surface area (Å²) in [6.07, 6.45) is 1.99. The van der Waals surface area contributed by atoms with Gasteiger partial charge in [-0.05, 0) is 17.5 Å². The number of pyridine rings is 1. The lowest BCUT2D eigenvalue weighted by molar-refractivity contribution is -0.146. The molecule has 0 saturated heterocycles. The van der Waals surface area contributed by atoms with E-state index in [2.05, 4.69) is 0 Å². The molecule has 0 fully saturated rings. The summed E-state index contributed by atoms with van der Waals surface area (Å²) in [5.74, 6) is -0.273. The number of rotatable bonds is 2. The molecule has 1 rings (SSSR count). The van der Waals surface area contributed by atoms with Crippen molar-refractivity contribution in [3.63, 3.8) is 0 Å². The molecule has 15 heavy (non-hydrogen) atoms. The zero-order valence-corrected chi connectivity index (χ0v) is 10.0. The number of hydrogen-bond donors (Lipinski definition) is 0. The zero-order chi connectivity index (χ0) is 11.5. The summed E-state index contributed by atoms with van der Waals surface area (Å²) in [6.45, 7) is 5.95. The topological polar surface area (TPSA) is 31.2 Å². The van der Waals surface area contributed by atoms with Crippen molar-refractivity contribution < 1.29 is 9.63 Å². The summed E-state index contributed by atoms with van der Waals surface area (Å²) in [7, 11) is 0. The Morgan fingerprint density at radius 2 is 2.13 bits per heavy atom. The predicted octanol–water partition coefficient (Wildman–Crippen LogP) is 2.61. The molecule has 0 radical (unpaired) electrons. The van der Waals surface area contributed by atoms with Crippen molar-refractivity contribution in [1.29, 1.82) is 0 Å². The van der Waals surface area contributed by atoms with Gasteiger partial charge in [-0.3, -0.25) is 0 Å². The van der Waals surface area contributed by atoms with Crippen molar-refractivity contribution in [2.45, 2.75) is 27.2 Å². The van der Waals surface area contributed by atoms with Gasteiger partial charge in [0, 0.05) is 6.20 Å². The molecule has 0 bridgehead atoms. The highest BCUT2D eigenvalue weighted by Crippen LogP contribution is 2.18. The van der Waals surface area contributed by atoms with E-state index in [1.54, 1.807) is 24.4 Å². The van der Waals surface area contributed by atoms with Crippen molar-refractivity contribution in [3.05, 3.63) is 29.0 Å². The molecule has 3 nitrogen and oxygen atoms in total. The van der Waals surface area contributed by atoms with Crippen LogP contribution in [0.4, 0.5) is 0 Å². The van der Waals surface area contributed by atoms with Crippen LogP contribution in [-0.4, -0.2) is 10.7 Å². The first-order valence-corrected chi connectivity index (χ1v) is 5.18. The maximum atomic E-state index is 11.5. The van der Waals surface area contributed by atoms with Gasteiger partial charge in [0.25, 0.3) is 0 Å². The first-order valence-electron chi connectivity index (χ1n) is 4.77. The van der Waals surface area contributed by atoms with E-state index in [9.17, 15) is 4.79 Å². The summed E-state index contributed by atoms with van der Waals surface area (Å²) >= 11 is 5.00. The van der Waals surface area contributed by atoms with Gasteiger partial charge in [-0.2, -0.15) is 4.73 Å². The van der Waals surface area contributed by atoms with E-state index in [1.807, 2.05) is 20.8 Å². The predicted molar refractivity (Wildman–Crippen MR) is 60.9 cm³/mol. The van der Waals surface area contributed by atoms with E-state index < -0.39 is 0 Å². The minimum atomic E-state index is -0.273. The lowest BCUT2D eigenvalue weighted by Gasteiger charge is -2.16. The first-order chi connectivity index (χ1) is 6.88. The summed E-state index contributed by atoms with van der Waals surface area (Å²) in [5.41, 5.74) is -0.0754. The molecule has 0 N–H and O–H groups in total. The molecule has 0 unspecified atom stereocenters. The smallest absolute Gasteiger partial charge is 0.333 e. The molecular weight excluding hydrogens is 210 g/mol. The van der Waals surface area contributed by atoms with Crippen molar-refractivity contribution in [2.24, 2.45) is 5.41 Å². The molecule has 4 heteroatoms. The summed E-state index contributed by atoms with van der Waals surface area (Å²) < 4.78 is 1.79. The zero-order valence-electron chi connectivity index (χ0n) is 9.19. The van der Waals surface area contributed by atoms with Gasteiger partial charge in [0.05, 0.1) is 6.42 Å². The molecule has 1 aromatic heterocycles. The Morgan fingerprint density at radius 1 is 1.47 bits per heavy atom. The molecule has 82 valence electrons. The molecule has 0 saturated carbocycles. The highest BCUT2D eigenvalue weighted by molar-refractivity contribution is 7.71. The normalized spacial score (nSPS) is 11.1. The van der Waals surface area contributed by atoms with Crippen LogP contribution < -0.4 is 4.84 Å². The lowest BCUT2D eigenvalue weighted by Crippen LogP contribution is -2.24. The molecule has 0 amide bonds. The molecule has 0 aromatic carbocycles. The van der Waals surface area contributed by atoms with Gasteiger partial charge in [-0.1, -0.05) is 39.1 Å². The van der Waals surface area contributed by atoms with Crippen LogP contribution in [0.25, 0.3) is 0 Å². The Morgan fingerprint density at radius 3 is 2.67 bits per heavy atom. The largest absolute Gasteiger partial charge is 0.336 e. The van der Waals surface area contributed by atoms with Crippen LogP contribution in [0.3, 0.4) is 0 Å². The molecule has 0 aliphatic carbocycles. The monoisotopic (exact) mass is 225 g/mol. The van der Waals surface area contributed by atoms with Crippen LogP contribution in [0.2, 0.25) is 0 Å². The van der Waals surface area contributed by atoms with Gasteiger partial charge in [0.2, 0.25) is 0 Å². The Bertz CT molecular complexity index is 404. The molecule has 1 heterocycles. The van der Waals surface area contributed by atoms with E-state index in [4.69, 9.17) is 17.1 Å². The summed E-state index contributed by atoms with van der Waals surface area (Å²) in [5, 5.41) is 0. The van der Waals surface area contributed by atoms with Crippen molar-refractivity contribution in [1.82, 2.24) is 4.73 Å². The second-order valence-electron chi connectivity index (χ2n) is 4.57. The van der Waals surface area contributed by atoms with Crippen molar-refractivity contribution in [2.75, 3.05) is 0 Å². The van der Waals surface area contributed by atoms with Crippen LogP contribution in [-0.2, 0) is 4.79 Å². The van der Waals surface area contributed by atoms with Crippen LogP contribution in [0.1, 0.15) is 27.2 Å². The van der Waals surface area contributed by atoms with Crippen LogP contribution in [0.5, 0.6) is 0 Å². The van der Waals surface area contributed by atoms with Crippen molar-refractivity contribution in [3.8, 4) is 0 Å². The molecule has 0 aliphatic heterocycles. The second-order valence-corrected chi connectivity index (χ2v) is 4.98. The minimum absolute atomic E-state index is 0.0754. The van der Waals surface area contributed by atoms with Gasteiger partial charge >= 0.3 is 5.97 Å². The van der Waals surface area contributed by atoms with Gasteiger partial charge in [0.15, 0.2) is 0 Å². The van der Waals surface area contributed by atoms with Gasteiger partial charge in [-0.25, -0.2) is 4.79 Å². The minimum Gasteiger partial charge on any atom is -0.336 e. The van der Waals surface area contributed by atoms with E-state index >= 15 is 0 Å². The molecule has 0 spiro atoms. The van der Waals surface area contributed by atoms with Crippen molar-refractivity contribution >= 4 is 18.2 Å². The molecule has 0 atom stereocenters. The maximum absolute atomic E-state index is 11.5. The number of aromatic nitrogens is 1. The Hall–Kier alpha value is -1.16. The SMILES string of the molecule is CC(C)(C)CC(=O)On1ccccc1=S. The fraction of sp³-hybridized carbons (Fsp3) is 0.455. The van der Waals surface area contributed by atoms with Crippen LogP contribution >= 0.6 is 12.2 Å². The summed E-state index contributed by atoms with van der Waals surface area (Å²) in [4.78, 5) is 16.6. The highest BCUT2D eigenvalue weighted by atomic mass is 32.1. The summed E-state index contributed by atoms with van der Waals surface area (Å²) in [6, 6.07) is 5.27. The lowest BCUT2D eigenvalue weighted by atomic mass is 9.93. The standard InChI is InChI=1S/C11H15NO2S/c1-11(2,3)8-10(13)14-12-7-5-4-6-9(12)15/h4-7H,8H2,1-3H3. The molecular formula is C11H15NO2S. The first kappa shape index (κ1) is 11.9. The van der Waals surface area contributed by atoms with Crippen LogP contribution in [0, 0.1) is 10.1 Å². The number of hydrogen-bond acceptors (Lipinski definition) is 3. The van der Waals surface area contributed by atoms with E-state index in [0.29, 0.717) is 11.1 Å². The van der Waals surface area contributed by atoms with E-state index in [1.165, 1.54) is 4.73 Å². The number of nitrogens with zero attached hydrogens (tertiary/aromatic N) is 1. The Kier molecular flexibility index (Phi) is 3.63. The number of carbonyl (C=O) groups excluding carboxylic acids is 1. The molecule has 0 aliphatic rings. The fourth-order valence-electron chi connectivity index (χ4n) is 1.06. The average molecular weight is 225 g/mol. The second kappa shape index (κ2) is 4.57. The highest BCUT2D eigenvalue weighted by Gasteiger charge is 2.17. The average Bonchev–Trinajstić information content (AvgIpc) is 2.05. The Labute approximate surface area is 94.6 Å². The van der Waals surface area contributed by atoms with Gasteiger partial charge in [0.1, 0.15) is 4.64 Å². The molecule has 1 aromatic rings. The maximum Gasteiger partial charge on any atom is 0.333 e. The Balaban J connectivity index is 2.68. The van der Waals surface area contributed by atoms with Gasteiger partial charge < -0.3 is 4.84 Å². The fourth-order valence-corrected chi connectivity index (χ4v) is 1.24. The van der Waals surface area contributed by atoms with Gasteiger partial charge in [-0.15, -0.1) is 0 Å². The van der Waals surface area contributed by atoms with E-state index in [0.717, 1.165) is 0 Å². The van der Waals surface area contributed by atoms with E-state index in [-0.39, 0.29) is 11.4 Å². The third-order valence-electron chi connectivity index (χ3n) is 1.66. The van der Waals surface area contributed by atoms with Crippen LogP contribution in [0.15, 0.2) is 24.4 Å². The quantitative estimate of drug-likeness (QED) is 0.725. The third-order valence-corrected chi connectivity index (χ3v) is 1.98. The number of carbonyl (C=O) groups is 1.